The molecule has 10 nitrogen and oxygen atoms in total. The van der Waals surface area contributed by atoms with E-state index in [1.165, 1.54) is 24.2 Å². The number of fused-ring (bicyclic) bond motifs is 1. The van der Waals surface area contributed by atoms with E-state index < -0.39 is 5.97 Å². The molecule has 0 bridgehead atoms. The molecule has 10 heteroatoms. The molecule has 5 aromatic rings. The number of hydrogen-bond donors (Lipinski definition) is 0. The Hall–Kier alpha value is -4.73. The van der Waals surface area contributed by atoms with Gasteiger partial charge in [-0.25, -0.2) is 14.5 Å². The fourth-order valence-electron chi connectivity index (χ4n) is 4.05. The SMILES string of the molecule is CCOC(=O)c1cnn(-c2nc(OC)c3nn(CCCN(c4ccccc4)c4ccccc4)cc3n2)c1. The van der Waals surface area contributed by atoms with Crippen molar-refractivity contribution in [3.63, 3.8) is 0 Å². The number of aromatic nitrogens is 6. The molecule has 5 rings (SSSR count). The maximum atomic E-state index is 12.0. The van der Waals surface area contributed by atoms with E-state index in [1.54, 1.807) is 6.92 Å². The standard InChI is InChI=1S/C27H27N7O3/c1-3-37-26(35)20-17-28-34(18-20)27-29-23-19-32(31-24(23)25(30-27)36-2)15-10-16-33(21-11-6-4-7-12-21)22-13-8-5-9-14-22/h4-9,11-14,17-19H,3,10,15-16H2,1-2H3. The van der Waals surface area contributed by atoms with E-state index >= 15 is 0 Å². The Bertz CT molecular complexity index is 1440. The van der Waals surface area contributed by atoms with Gasteiger partial charge in [-0.2, -0.15) is 15.2 Å². The fourth-order valence-corrected chi connectivity index (χ4v) is 4.05. The maximum absolute atomic E-state index is 12.0. The van der Waals surface area contributed by atoms with Crippen molar-refractivity contribution in [1.29, 1.82) is 0 Å². The molecule has 37 heavy (non-hydrogen) atoms. The van der Waals surface area contributed by atoms with Crippen molar-refractivity contribution < 1.29 is 14.3 Å². The summed E-state index contributed by atoms with van der Waals surface area (Å²) in [7, 11) is 1.54. The zero-order valence-corrected chi connectivity index (χ0v) is 20.7. The maximum Gasteiger partial charge on any atom is 0.341 e. The second-order valence-electron chi connectivity index (χ2n) is 8.23. The van der Waals surface area contributed by atoms with Gasteiger partial charge in [0, 0.05) is 30.7 Å². The van der Waals surface area contributed by atoms with Gasteiger partial charge in [0.2, 0.25) is 5.88 Å². The molecule has 0 radical (unpaired) electrons. The molecule has 3 aromatic heterocycles. The Labute approximate surface area is 214 Å². The van der Waals surface area contributed by atoms with Gasteiger partial charge in [-0.1, -0.05) is 36.4 Å². The van der Waals surface area contributed by atoms with Gasteiger partial charge < -0.3 is 14.4 Å². The summed E-state index contributed by atoms with van der Waals surface area (Å²) >= 11 is 0. The molecule has 3 heterocycles. The third-order valence-electron chi connectivity index (χ3n) is 5.76. The van der Waals surface area contributed by atoms with Gasteiger partial charge in [0.15, 0.2) is 5.52 Å². The van der Waals surface area contributed by atoms with Gasteiger partial charge >= 0.3 is 5.97 Å². The summed E-state index contributed by atoms with van der Waals surface area (Å²) in [6.07, 6.45) is 5.67. The first kappa shape index (κ1) is 24.0. The highest BCUT2D eigenvalue weighted by Crippen LogP contribution is 2.26. The van der Waals surface area contributed by atoms with Crippen LogP contribution in [0.1, 0.15) is 23.7 Å². The number of benzene rings is 2. The van der Waals surface area contributed by atoms with Crippen molar-refractivity contribution in [2.24, 2.45) is 0 Å². The number of methoxy groups -OCH3 is 1. The first-order valence-electron chi connectivity index (χ1n) is 12.0. The zero-order chi connectivity index (χ0) is 25.6. The molecule has 0 saturated heterocycles. The first-order valence-corrected chi connectivity index (χ1v) is 12.0. The second-order valence-corrected chi connectivity index (χ2v) is 8.23. The predicted molar refractivity (Wildman–Crippen MR) is 139 cm³/mol. The average molecular weight is 498 g/mol. The Morgan fingerprint density at radius 2 is 1.68 bits per heavy atom. The monoisotopic (exact) mass is 497 g/mol. The number of aryl methyl sites for hydroxylation is 1. The quantitative estimate of drug-likeness (QED) is 0.261. The lowest BCUT2D eigenvalue weighted by Crippen LogP contribution is -2.19. The third kappa shape index (κ3) is 5.27. The summed E-state index contributed by atoms with van der Waals surface area (Å²) in [4.78, 5) is 23.3. The van der Waals surface area contributed by atoms with Gasteiger partial charge in [-0.15, -0.1) is 0 Å². The number of hydrogen-bond acceptors (Lipinski definition) is 8. The van der Waals surface area contributed by atoms with Crippen molar-refractivity contribution >= 4 is 28.4 Å². The number of carbonyl (C=O) groups excluding carboxylic acids is 1. The summed E-state index contributed by atoms with van der Waals surface area (Å²) in [6, 6.07) is 20.7. The summed E-state index contributed by atoms with van der Waals surface area (Å²) < 4.78 is 13.8. The van der Waals surface area contributed by atoms with Crippen LogP contribution < -0.4 is 9.64 Å². The molecule has 0 fully saturated rings. The Kier molecular flexibility index (Phi) is 7.07. The van der Waals surface area contributed by atoms with Crippen LogP contribution in [0, 0.1) is 0 Å². The summed E-state index contributed by atoms with van der Waals surface area (Å²) in [5.74, 6) is 0.163. The molecule has 0 amide bonds. The number of para-hydroxylation sites is 2. The van der Waals surface area contributed by atoms with Crippen LogP contribution in [0.5, 0.6) is 5.88 Å². The second kappa shape index (κ2) is 10.9. The van der Waals surface area contributed by atoms with Crippen molar-refractivity contribution in [3.8, 4) is 11.8 Å². The molecule has 0 unspecified atom stereocenters. The minimum atomic E-state index is -0.449. The van der Waals surface area contributed by atoms with Crippen LogP contribution in [0.4, 0.5) is 11.4 Å². The van der Waals surface area contributed by atoms with E-state index in [2.05, 4.69) is 49.3 Å². The Morgan fingerprint density at radius 1 is 0.973 bits per heavy atom. The van der Waals surface area contributed by atoms with E-state index in [-0.39, 0.29) is 12.6 Å². The lowest BCUT2D eigenvalue weighted by Gasteiger charge is -2.25. The normalized spacial score (nSPS) is 11.0. The van der Waals surface area contributed by atoms with Crippen molar-refractivity contribution in [1.82, 2.24) is 29.5 Å². The largest absolute Gasteiger partial charge is 0.479 e. The van der Waals surface area contributed by atoms with Gasteiger partial charge in [0.25, 0.3) is 5.95 Å². The molecular formula is C27H27N7O3. The fraction of sp³-hybridized carbons (Fsp3) is 0.222. The predicted octanol–water partition coefficient (Wildman–Crippen LogP) is 4.43. The average Bonchev–Trinajstić information content (AvgIpc) is 3.59. The summed E-state index contributed by atoms with van der Waals surface area (Å²) in [5, 5.41) is 8.87. The topological polar surface area (TPSA) is 100 Å². The summed E-state index contributed by atoms with van der Waals surface area (Å²) in [6.45, 7) is 3.53. The highest BCUT2D eigenvalue weighted by molar-refractivity contribution is 5.88. The molecule has 0 spiro atoms. The molecule has 0 aliphatic carbocycles. The number of ether oxygens (including phenoxy) is 2. The highest BCUT2D eigenvalue weighted by Gasteiger charge is 2.17. The molecule has 188 valence electrons. The lowest BCUT2D eigenvalue weighted by molar-refractivity contribution is 0.0526. The van der Waals surface area contributed by atoms with Crippen LogP contribution in [0.3, 0.4) is 0 Å². The van der Waals surface area contributed by atoms with Crippen molar-refractivity contribution in [3.05, 3.63) is 84.8 Å². The minimum Gasteiger partial charge on any atom is -0.479 e. The van der Waals surface area contributed by atoms with Crippen molar-refractivity contribution in [2.75, 3.05) is 25.2 Å². The van der Waals surface area contributed by atoms with Crippen molar-refractivity contribution in [2.45, 2.75) is 19.9 Å². The smallest absolute Gasteiger partial charge is 0.341 e. The van der Waals surface area contributed by atoms with Gasteiger partial charge in [-0.05, 0) is 37.6 Å². The molecule has 0 aliphatic heterocycles. The van der Waals surface area contributed by atoms with E-state index in [1.807, 2.05) is 47.3 Å². The number of rotatable bonds is 10. The molecule has 0 N–H and O–H groups in total. The molecule has 2 aromatic carbocycles. The lowest BCUT2D eigenvalue weighted by atomic mass is 10.2. The molecule has 0 atom stereocenters. The molecule has 0 aliphatic rings. The van der Waals surface area contributed by atoms with Crippen LogP contribution in [0.15, 0.2) is 79.3 Å². The number of nitrogens with zero attached hydrogens (tertiary/aromatic N) is 7. The van der Waals surface area contributed by atoms with Crippen LogP contribution >= 0.6 is 0 Å². The third-order valence-corrected chi connectivity index (χ3v) is 5.76. The van der Waals surface area contributed by atoms with Gasteiger partial charge in [0.05, 0.1) is 31.7 Å². The van der Waals surface area contributed by atoms with E-state index in [4.69, 9.17) is 9.47 Å². The Balaban J connectivity index is 1.35. The van der Waals surface area contributed by atoms with Crippen LogP contribution in [-0.2, 0) is 11.3 Å². The highest BCUT2D eigenvalue weighted by atomic mass is 16.5. The molecule has 0 saturated carbocycles. The van der Waals surface area contributed by atoms with Crippen LogP contribution in [0.25, 0.3) is 17.0 Å². The summed E-state index contributed by atoms with van der Waals surface area (Å²) in [5.41, 5.74) is 3.78. The number of esters is 1. The van der Waals surface area contributed by atoms with E-state index in [9.17, 15) is 4.79 Å². The van der Waals surface area contributed by atoms with Gasteiger partial charge in [-0.3, -0.25) is 4.68 Å². The first-order chi connectivity index (χ1) is 18.2. The number of carbonyl (C=O) groups is 1. The van der Waals surface area contributed by atoms with Gasteiger partial charge in [0.1, 0.15) is 5.52 Å². The van der Waals surface area contributed by atoms with Crippen LogP contribution in [0.2, 0.25) is 0 Å². The zero-order valence-electron chi connectivity index (χ0n) is 20.7. The Morgan fingerprint density at radius 3 is 2.32 bits per heavy atom. The molecular weight excluding hydrogens is 470 g/mol. The van der Waals surface area contributed by atoms with E-state index in [0.29, 0.717) is 29.0 Å². The van der Waals surface area contributed by atoms with Crippen LogP contribution in [-0.4, -0.2) is 55.8 Å². The number of anilines is 2. The van der Waals surface area contributed by atoms with E-state index in [0.717, 1.165) is 24.3 Å². The minimum absolute atomic E-state index is 0.277.